The maximum Gasteiger partial charge on any atom is 0.262 e. The van der Waals surface area contributed by atoms with E-state index in [0.29, 0.717) is 30.2 Å². The lowest BCUT2D eigenvalue weighted by Gasteiger charge is -2.22. The standard InChI is InChI=1S/C20H27N3O4S/c1-5-23(6-2)28(25,26)17-12-13-19(22(3)4)18(14-17)21-20(24)15-27-16-10-8-7-9-11-16/h7-14H,5-6,15H2,1-4H3,(H,21,24). The van der Waals surface area contributed by atoms with Crippen LogP contribution in [0.2, 0.25) is 0 Å². The van der Waals surface area contributed by atoms with Crippen molar-refractivity contribution in [3.05, 3.63) is 48.5 Å². The Labute approximate surface area is 167 Å². The summed E-state index contributed by atoms with van der Waals surface area (Å²) in [6, 6.07) is 13.7. The van der Waals surface area contributed by atoms with Crippen LogP contribution in [0.15, 0.2) is 53.4 Å². The van der Waals surface area contributed by atoms with Crippen LogP contribution in [0, 0.1) is 0 Å². The summed E-state index contributed by atoms with van der Waals surface area (Å²) in [7, 11) is 0.0219. The van der Waals surface area contributed by atoms with Gasteiger partial charge in [0.05, 0.1) is 16.3 Å². The Bertz CT molecular complexity index is 895. The molecule has 1 amide bonds. The molecule has 2 rings (SSSR count). The number of rotatable bonds is 9. The van der Waals surface area contributed by atoms with Crippen LogP contribution in [0.4, 0.5) is 11.4 Å². The lowest BCUT2D eigenvalue weighted by Crippen LogP contribution is -2.31. The number of para-hydroxylation sites is 1. The number of hydrogen-bond acceptors (Lipinski definition) is 5. The summed E-state index contributed by atoms with van der Waals surface area (Å²) >= 11 is 0. The molecule has 0 aliphatic carbocycles. The van der Waals surface area contributed by atoms with Gasteiger partial charge in [-0.3, -0.25) is 4.79 Å². The molecular formula is C20H27N3O4S. The molecule has 2 aromatic carbocycles. The third kappa shape index (κ3) is 5.24. The second-order valence-corrected chi connectivity index (χ2v) is 8.25. The van der Waals surface area contributed by atoms with Gasteiger partial charge in [-0.25, -0.2) is 8.42 Å². The zero-order valence-corrected chi connectivity index (χ0v) is 17.5. The molecule has 8 heteroatoms. The van der Waals surface area contributed by atoms with Gasteiger partial charge in [-0.2, -0.15) is 4.31 Å². The first kappa shape index (κ1) is 21.7. The Morgan fingerprint density at radius 1 is 1.04 bits per heavy atom. The first-order valence-corrected chi connectivity index (χ1v) is 10.5. The molecule has 0 atom stereocenters. The van der Waals surface area contributed by atoms with Crippen LogP contribution in [-0.4, -0.2) is 52.4 Å². The van der Waals surface area contributed by atoms with Crippen molar-refractivity contribution in [2.75, 3.05) is 44.0 Å². The minimum Gasteiger partial charge on any atom is -0.484 e. The first-order chi connectivity index (χ1) is 13.3. The molecule has 0 bridgehead atoms. The summed E-state index contributed by atoms with van der Waals surface area (Å²) in [4.78, 5) is 14.3. The molecular weight excluding hydrogens is 378 g/mol. The van der Waals surface area contributed by atoms with Crippen molar-refractivity contribution in [2.24, 2.45) is 0 Å². The van der Waals surface area contributed by atoms with E-state index in [1.54, 1.807) is 38.1 Å². The van der Waals surface area contributed by atoms with E-state index in [2.05, 4.69) is 5.32 Å². The van der Waals surface area contributed by atoms with Crippen molar-refractivity contribution >= 4 is 27.3 Å². The lowest BCUT2D eigenvalue weighted by atomic mass is 10.2. The van der Waals surface area contributed by atoms with Crippen LogP contribution >= 0.6 is 0 Å². The fourth-order valence-electron chi connectivity index (χ4n) is 2.73. The van der Waals surface area contributed by atoms with Crippen molar-refractivity contribution in [2.45, 2.75) is 18.7 Å². The maximum atomic E-state index is 12.8. The number of ether oxygens (including phenoxy) is 1. The van der Waals surface area contributed by atoms with Crippen LogP contribution in [0.25, 0.3) is 0 Å². The number of sulfonamides is 1. The highest BCUT2D eigenvalue weighted by molar-refractivity contribution is 7.89. The highest BCUT2D eigenvalue weighted by Gasteiger charge is 2.23. The van der Waals surface area contributed by atoms with Gasteiger partial charge in [0, 0.05) is 27.2 Å². The van der Waals surface area contributed by atoms with Gasteiger partial charge >= 0.3 is 0 Å². The van der Waals surface area contributed by atoms with E-state index < -0.39 is 10.0 Å². The molecule has 0 radical (unpaired) electrons. The zero-order chi connectivity index (χ0) is 20.7. The molecule has 2 aromatic rings. The second-order valence-electron chi connectivity index (χ2n) is 6.31. The number of benzene rings is 2. The van der Waals surface area contributed by atoms with Gasteiger partial charge in [-0.15, -0.1) is 0 Å². The number of carbonyl (C=O) groups is 1. The largest absolute Gasteiger partial charge is 0.484 e. The van der Waals surface area contributed by atoms with Crippen molar-refractivity contribution < 1.29 is 17.9 Å². The number of nitrogens with one attached hydrogen (secondary N) is 1. The third-order valence-corrected chi connectivity index (χ3v) is 6.23. The summed E-state index contributed by atoms with van der Waals surface area (Å²) in [5.41, 5.74) is 1.12. The van der Waals surface area contributed by atoms with Gasteiger partial charge in [0.15, 0.2) is 6.61 Å². The van der Waals surface area contributed by atoms with Gasteiger partial charge < -0.3 is 15.0 Å². The average Bonchev–Trinajstić information content (AvgIpc) is 2.67. The summed E-state index contributed by atoms with van der Waals surface area (Å²) in [5.74, 6) is 0.215. The highest BCUT2D eigenvalue weighted by atomic mass is 32.2. The third-order valence-electron chi connectivity index (χ3n) is 4.18. The van der Waals surface area contributed by atoms with Crippen LogP contribution in [-0.2, 0) is 14.8 Å². The molecule has 0 heterocycles. The lowest BCUT2D eigenvalue weighted by molar-refractivity contribution is -0.118. The topological polar surface area (TPSA) is 79.0 Å². The van der Waals surface area contributed by atoms with Crippen LogP contribution in [0.1, 0.15) is 13.8 Å². The zero-order valence-electron chi connectivity index (χ0n) is 16.7. The fourth-order valence-corrected chi connectivity index (χ4v) is 4.21. The van der Waals surface area contributed by atoms with Gasteiger partial charge in [-0.1, -0.05) is 32.0 Å². The Hall–Kier alpha value is -2.58. The number of hydrogen-bond donors (Lipinski definition) is 1. The number of amides is 1. The van der Waals surface area contributed by atoms with E-state index in [1.807, 2.05) is 37.2 Å². The Morgan fingerprint density at radius 3 is 2.25 bits per heavy atom. The van der Waals surface area contributed by atoms with E-state index in [0.717, 1.165) is 0 Å². The minimum atomic E-state index is -3.62. The average molecular weight is 406 g/mol. The van der Waals surface area contributed by atoms with Crippen molar-refractivity contribution in [1.29, 1.82) is 0 Å². The molecule has 0 aliphatic rings. The summed E-state index contributed by atoms with van der Waals surface area (Å²) in [6.07, 6.45) is 0. The predicted molar refractivity (Wildman–Crippen MR) is 111 cm³/mol. The van der Waals surface area contributed by atoms with Crippen molar-refractivity contribution in [3.63, 3.8) is 0 Å². The molecule has 0 fully saturated rings. The molecule has 0 saturated carbocycles. The van der Waals surface area contributed by atoms with Crippen molar-refractivity contribution in [1.82, 2.24) is 4.31 Å². The molecule has 0 unspecified atom stereocenters. The first-order valence-electron chi connectivity index (χ1n) is 9.08. The molecule has 7 nitrogen and oxygen atoms in total. The number of anilines is 2. The van der Waals surface area contributed by atoms with Crippen LogP contribution in [0.5, 0.6) is 5.75 Å². The van der Waals surface area contributed by atoms with Gasteiger partial charge in [0.1, 0.15) is 5.75 Å². The summed E-state index contributed by atoms with van der Waals surface area (Å²) in [6.45, 7) is 4.16. The molecule has 0 spiro atoms. The van der Waals surface area contributed by atoms with E-state index in [1.165, 1.54) is 10.4 Å². The minimum absolute atomic E-state index is 0.140. The Kier molecular flexibility index (Phi) is 7.42. The SMILES string of the molecule is CCN(CC)S(=O)(=O)c1ccc(N(C)C)c(NC(=O)COc2ccccc2)c1. The summed E-state index contributed by atoms with van der Waals surface area (Å²) in [5, 5.41) is 2.76. The second kappa shape index (κ2) is 9.57. The quantitative estimate of drug-likeness (QED) is 0.694. The van der Waals surface area contributed by atoms with Gasteiger partial charge in [0.2, 0.25) is 10.0 Å². The smallest absolute Gasteiger partial charge is 0.262 e. The molecule has 0 aromatic heterocycles. The van der Waals surface area contributed by atoms with E-state index in [4.69, 9.17) is 4.74 Å². The van der Waals surface area contributed by atoms with E-state index >= 15 is 0 Å². The monoisotopic (exact) mass is 405 g/mol. The maximum absolute atomic E-state index is 12.8. The normalized spacial score (nSPS) is 11.3. The van der Waals surface area contributed by atoms with Gasteiger partial charge in [-0.05, 0) is 30.3 Å². The Balaban J connectivity index is 2.24. The molecule has 0 saturated heterocycles. The van der Waals surface area contributed by atoms with Gasteiger partial charge in [0.25, 0.3) is 5.91 Å². The number of carbonyl (C=O) groups excluding carboxylic acids is 1. The molecule has 0 aliphatic heterocycles. The predicted octanol–water partition coefficient (Wildman–Crippen LogP) is 2.80. The van der Waals surface area contributed by atoms with Crippen LogP contribution < -0.4 is 15.0 Å². The highest BCUT2D eigenvalue weighted by Crippen LogP contribution is 2.29. The number of nitrogens with zero attached hydrogens (tertiary/aromatic N) is 2. The van der Waals surface area contributed by atoms with E-state index in [-0.39, 0.29) is 17.4 Å². The van der Waals surface area contributed by atoms with Crippen molar-refractivity contribution in [3.8, 4) is 5.75 Å². The van der Waals surface area contributed by atoms with E-state index in [9.17, 15) is 13.2 Å². The summed E-state index contributed by atoms with van der Waals surface area (Å²) < 4.78 is 32.4. The molecule has 28 heavy (non-hydrogen) atoms. The molecule has 1 N–H and O–H groups in total. The Morgan fingerprint density at radius 2 is 1.68 bits per heavy atom. The fraction of sp³-hybridized carbons (Fsp3) is 0.350. The van der Waals surface area contributed by atoms with Crippen LogP contribution in [0.3, 0.4) is 0 Å². The molecule has 152 valence electrons.